The van der Waals surface area contributed by atoms with Crippen LogP contribution in [0.25, 0.3) is 0 Å². The van der Waals surface area contributed by atoms with Crippen LogP contribution in [0, 0.1) is 5.92 Å². The van der Waals surface area contributed by atoms with Gasteiger partial charge in [0.2, 0.25) is 0 Å². The van der Waals surface area contributed by atoms with Gasteiger partial charge in [0.25, 0.3) is 0 Å². The number of nitrogens with zero attached hydrogens (tertiary/aromatic N) is 2. The number of benzene rings is 1. The van der Waals surface area contributed by atoms with Crippen LogP contribution in [0.3, 0.4) is 0 Å². The summed E-state index contributed by atoms with van der Waals surface area (Å²) in [6.07, 6.45) is 2.61. The van der Waals surface area contributed by atoms with E-state index in [0.29, 0.717) is 0 Å². The molecule has 1 aromatic rings. The molecular weight excluding hydrogens is 375 g/mol. The molecule has 4 nitrogen and oxygen atoms in total. The number of piperidine rings is 1. The average molecular weight is 402 g/mol. The van der Waals surface area contributed by atoms with Crippen LogP contribution in [-0.4, -0.2) is 33.1 Å². The zero-order valence-corrected chi connectivity index (χ0v) is 15.6. The third-order valence-corrected chi connectivity index (χ3v) is 4.01. The van der Waals surface area contributed by atoms with Crippen LogP contribution in [0.5, 0.6) is 0 Å². The van der Waals surface area contributed by atoms with E-state index in [9.17, 15) is 0 Å². The third kappa shape index (κ3) is 5.37. The fraction of sp³-hybridized carbons (Fsp3) is 0.562. The average Bonchev–Trinajstić information content (AvgIpc) is 2.50. The first-order chi connectivity index (χ1) is 9.72. The zero-order valence-electron chi connectivity index (χ0n) is 13.2. The summed E-state index contributed by atoms with van der Waals surface area (Å²) in [5, 5.41) is 6.29. The lowest BCUT2D eigenvalue weighted by molar-refractivity contribution is 0.438. The minimum Gasteiger partial charge on any atom is -0.372 e. The minimum atomic E-state index is 0. The molecule has 21 heavy (non-hydrogen) atoms. The van der Waals surface area contributed by atoms with Crippen LogP contribution in [0.2, 0.25) is 0 Å². The highest BCUT2D eigenvalue weighted by molar-refractivity contribution is 14.0. The fourth-order valence-corrected chi connectivity index (χ4v) is 2.56. The molecule has 0 radical (unpaired) electrons. The van der Waals surface area contributed by atoms with E-state index in [0.717, 1.165) is 18.4 Å². The van der Waals surface area contributed by atoms with Crippen molar-refractivity contribution in [2.24, 2.45) is 10.9 Å². The smallest absolute Gasteiger partial charge is 0.190 e. The lowest BCUT2D eigenvalue weighted by Crippen LogP contribution is -2.34. The van der Waals surface area contributed by atoms with Crippen LogP contribution in [0.15, 0.2) is 29.3 Å². The maximum absolute atomic E-state index is 4.11. The molecule has 1 aromatic carbocycles. The van der Waals surface area contributed by atoms with E-state index in [1.54, 1.807) is 7.05 Å². The van der Waals surface area contributed by atoms with Crippen molar-refractivity contribution in [3.05, 3.63) is 29.8 Å². The SMILES string of the molecule is CN=C(NC)NCc1ccc(N2CCC(C)CC2)cc1.I. The van der Waals surface area contributed by atoms with Gasteiger partial charge in [-0.3, -0.25) is 4.99 Å². The van der Waals surface area contributed by atoms with Gasteiger partial charge in [0, 0.05) is 39.4 Å². The summed E-state index contributed by atoms with van der Waals surface area (Å²) in [4.78, 5) is 6.60. The van der Waals surface area contributed by atoms with Gasteiger partial charge in [-0.1, -0.05) is 19.1 Å². The van der Waals surface area contributed by atoms with Crippen molar-refractivity contribution < 1.29 is 0 Å². The normalized spacial score (nSPS) is 16.3. The Bertz CT molecular complexity index is 436. The molecule has 2 N–H and O–H groups in total. The first-order valence-electron chi connectivity index (χ1n) is 7.45. The summed E-state index contributed by atoms with van der Waals surface area (Å²) in [6.45, 7) is 5.52. The Morgan fingerprint density at radius 3 is 2.38 bits per heavy atom. The Labute approximate surface area is 145 Å². The summed E-state index contributed by atoms with van der Waals surface area (Å²) < 4.78 is 0. The number of nitrogens with one attached hydrogen (secondary N) is 2. The Hall–Kier alpha value is -0.980. The summed E-state index contributed by atoms with van der Waals surface area (Å²) in [6, 6.07) is 8.86. The minimum absolute atomic E-state index is 0. The van der Waals surface area contributed by atoms with Crippen molar-refractivity contribution in [3.63, 3.8) is 0 Å². The number of halogens is 1. The maximum atomic E-state index is 4.11. The van der Waals surface area contributed by atoms with Gasteiger partial charge in [0.1, 0.15) is 0 Å². The van der Waals surface area contributed by atoms with Gasteiger partial charge in [-0.25, -0.2) is 0 Å². The molecule has 1 saturated heterocycles. The van der Waals surface area contributed by atoms with E-state index in [1.807, 2.05) is 7.05 Å². The quantitative estimate of drug-likeness (QED) is 0.464. The second-order valence-corrected chi connectivity index (χ2v) is 5.51. The van der Waals surface area contributed by atoms with Crippen LogP contribution < -0.4 is 15.5 Å². The molecule has 0 amide bonds. The maximum Gasteiger partial charge on any atom is 0.190 e. The molecule has 118 valence electrons. The van der Waals surface area contributed by atoms with Gasteiger partial charge in [-0.15, -0.1) is 24.0 Å². The molecule has 0 aromatic heterocycles. The molecule has 1 fully saturated rings. The Balaban J connectivity index is 0.00000220. The van der Waals surface area contributed by atoms with Crippen molar-refractivity contribution in [1.82, 2.24) is 10.6 Å². The van der Waals surface area contributed by atoms with E-state index in [4.69, 9.17) is 0 Å². The highest BCUT2D eigenvalue weighted by Crippen LogP contribution is 2.23. The standard InChI is InChI=1S/C16H26N4.HI/c1-13-8-10-20(11-9-13)15-6-4-14(5-7-15)12-19-16(17-2)18-3;/h4-7,13H,8-12H2,1-3H3,(H2,17,18,19);1H. The number of hydrogen-bond acceptors (Lipinski definition) is 2. The molecule has 5 heteroatoms. The van der Waals surface area contributed by atoms with Crippen molar-refractivity contribution in [3.8, 4) is 0 Å². The lowest BCUT2D eigenvalue weighted by atomic mass is 9.99. The van der Waals surface area contributed by atoms with Gasteiger partial charge >= 0.3 is 0 Å². The predicted octanol–water partition coefficient (Wildman–Crippen LogP) is 2.84. The number of rotatable bonds is 3. The van der Waals surface area contributed by atoms with Crippen molar-refractivity contribution >= 4 is 35.6 Å². The molecule has 0 bridgehead atoms. The number of anilines is 1. The summed E-state index contributed by atoms with van der Waals surface area (Å²) in [7, 11) is 3.65. The number of aliphatic imine (C=N–C) groups is 1. The largest absolute Gasteiger partial charge is 0.372 e. The van der Waals surface area contributed by atoms with Crippen molar-refractivity contribution in [1.29, 1.82) is 0 Å². The van der Waals surface area contributed by atoms with E-state index >= 15 is 0 Å². The zero-order chi connectivity index (χ0) is 14.4. The topological polar surface area (TPSA) is 39.7 Å². The molecule has 0 aliphatic carbocycles. The van der Waals surface area contributed by atoms with Gasteiger partial charge in [-0.05, 0) is 36.5 Å². The highest BCUT2D eigenvalue weighted by Gasteiger charge is 2.15. The number of hydrogen-bond donors (Lipinski definition) is 2. The van der Waals surface area contributed by atoms with Gasteiger partial charge < -0.3 is 15.5 Å². The molecule has 2 rings (SSSR count). The molecule has 1 aliphatic heterocycles. The van der Waals surface area contributed by atoms with Crippen LogP contribution in [-0.2, 0) is 6.54 Å². The Morgan fingerprint density at radius 1 is 1.24 bits per heavy atom. The van der Waals surface area contributed by atoms with Gasteiger partial charge in [0.15, 0.2) is 5.96 Å². The summed E-state index contributed by atoms with van der Waals surface area (Å²) in [5.74, 6) is 1.70. The molecule has 0 spiro atoms. The summed E-state index contributed by atoms with van der Waals surface area (Å²) in [5.41, 5.74) is 2.62. The fourth-order valence-electron chi connectivity index (χ4n) is 2.56. The molecule has 0 unspecified atom stereocenters. The van der Waals surface area contributed by atoms with E-state index in [1.165, 1.54) is 37.2 Å². The van der Waals surface area contributed by atoms with Crippen LogP contribution >= 0.6 is 24.0 Å². The van der Waals surface area contributed by atoms with Crippen molar-refractivity contribution in [2.45, 2.75) is 26.3 Å². The first-order valence-corrected chi connectivity index (χ1v) is 7.45. The Morgan fingerprint density at radius 2 is 1.86 bits per heavy atom. The second kappa shape index (κ2) is 9.12. The monoisotopic (exact) mass is 402 g/mol. The first kappa shape index (κ1) is 18.1. The van der Waals surface area contributed by atoms with E-state index in [-0.39, 0.29) is 24.0 Å². The predicted molar refractivity (Wildman–Crippen MR) is 102 cm³/mol. The Kier molecular flexibility index (Phi) is 7.85. The van der Waals surface area contributed by atoms with Crippen LogP contribution in [0.1, 0.15) is 25.3 Å². The third-order valence-electron chi connectivity index (χ3n) is 4.01. The van der Waals surface area contributed by atoms with Crippen LogP contribution in [0.4, 0.5) is 5.69 Å². The van der Waals surface area contributed by atoms with Crippen molar-refractivity contribution in [2.75, 3.05) is 32.1 Å². The number of guanidine groups is 1. The van der Waals surface area contributed by atoms with Gasteiger partial charge in [-0.2, -0.15) is 0 Å². The highest BCUT2D eigenvalue weighted by atomic mass is 127. The second-order valence-electron chi connectivity index (χ2n) is 5.51. The molecular formula is C16H27IN4. The molecule has 0 saturated carbocycles. The van der Waals surface area contributed by atoms with E-state index < -0.39 is 0 Å². The molecule has 1 aliphatic rings. The van der Waals surface area contributed by atoms with E-state index in [2.05, 4.69) is 51.7 Å². The summed E-state index contributed by atoms with van der Waals surface area (Å²) >= 11 is 0. The molecule has 1 heterocycles. The van der Waals surface area contributed by atoms with Gasteiger partial charge in [0.05, 0.1) is 0 Å². The molecule has 0 atom stereocenters. The lowest BCUT2D eigenvalue weighted by Gasteiger charge is -2.32.